The third kappa shape index (κ3) is 1.81. The number of benzene rings is 1. The Bertz CT molecular complexity index is 400. The van der Waals surface area contributed by atoms with E-state index in [9.17, 15) is 4.79 Å². The summed E-state index contributed by atoms with van der Waals surface area (Å²) in [6.07, 6.45) is 0.652. The molecule has 3 heteroatoms. The van der Waals surface area contributed by atoms with Crippen molar-refractivity contribution < 1.29 is 4.79 Å². The lowest BCUT2D eigenvalue weighted by atomic mass is 10.00. The fraction of sp³-hybridized carbons (Fsp3) is 0.417. The fourth-order valence-corrected chi connectivity index (χ4v) is 2.43. The van der Waals surface area contributed by atoms with Gasteiger partial charge >= 0.3 is 0 Å². The number of carbonyl (C=O) groups is 1. The molecule has 15 heavy (non-hydrogen) atoms. The number of anilines is 1. The van der Waals surface area contributed by atoms with Crippen LogP contribution >= 0.6 is 15.9 Å². The number of hydrogen-bond acceptors (Lipinski definition) is 2. The van der Waals surface area contributed by atoms with Crippen molar-refractivity contribution in [3.8, 4) is 0 Å². The number of rotatable bonds is 1. The van der Waals surface area contributed by atoms with Gasteiger partial charge in [0.1, 0.15) is 0 Å². The average Bonchev–Trinajstić information content (AvgIpc) is 2.42. The zero-order valence-corrected chi connectivity index (χ0v) is 10.5. The van der Waals surface area contributed by atoms with Crippen LogP contribution in [0.25, 0.3) is 0 Å². The normalized spacial score (nSPS) is 19.7. The van der Waals surface area contributed by atoms with Crippen LogP contribution in [0.3, 0.4) is 0 Å². The highest BCUT2D eigenvalue weighted by atomic mass is 79.9. The van der Waals surface area contributed by atoms with Crippen molar-refractivity contribution in [2.45, 2.75) is 25.8 Å². The molecule has 80 valence electrons. The first-order chi connectivity index (χ1) is 7.01. The van der Waals surface area contributed by atoms with Crippen molar-refractivity contribution in [1.82, 2.24) is 0 Å². The molecule has 0 aromatic heterocycles. The van der Waals surface area contributed by atoms with Gasteiger partial charge in [0, 0.05) is 23.1 Å². The summed E-state index contributed by atoms with van der Waals surface area (Å²) in [4.78, 5) is 13.9. The van der Waals surface area contributed by atoms with Crippen LogP contribution in [0.5, 0.6) is 0 Å². The fourth-order valence-electron chi connectivity index (χ4n) is 2.05. The number of halogens is 1. The Morgan fingerprint density at radius 1 is 1.40 bits per heavy atom. The van der Waals surface area contributed by atoms with Gasteiger partial charge in [0.15, 0.2) is 5.78 Å². The van der Waals surface area contributed by atoms with Crippen molar-refractivity contribution >= 4 is 27.4 Å². The number of nitrogens with zero attached hydrogens (tertiary/aromatic N) is 1. The highest BCUT2D eigenvalue weighted by Gasteiger charge is 2.39. The van der Waals surface area contributed by atoms with Crippen LogP contribution in [0.1, 0.15) is 20.3 Å². The highest BCUT2D eigenvalue weighted by molar-refractivity contribution is 9.10. The number of hydrogen-bond donors (Lipinski definition) is 0. The standard InChI is InChI=1S/C12H14BrNO/c1-12(2)11(15)6-7-14(12)10-5-3-4-9(13)8-10/h3-5,8H,6-7H2,1-2H3. The second-order valence-electron chi connectivity index (χ2n) is 4.36. The van der Waals surface area contributed by atoms with Gasteiger partial charge in [-0.1, -0.05) is 22.0 Å². The third-order valence-corrected chi connectivity index (χ3v) is 3.53. The number of carbonyl (C=O) groups excluding carboxylic acids is 1. The predicted octanol–water partition coefficient (Wildman–Crippen LogP) is 3.01. The Kier molecular flexibility index (Phi) is 2.59. The third-order valence-electron chi connectivity index (χ3n) is 3.04. The van der Waals surface area contributed by atoms with Gasteiger partial charge in [-0.3, -0.25) is 4.79 Å². The molecule has 1 heterocycles. The first kappa shape index (κ1) is 10.7. The Labute approximate surface area is 98.4 Å². The molecule has 1 aliphatic rings. The van der Waals surface area contributed by atoms with Crippen LogP contribution in [-0.2, 0) is 4.79 Å². The van der Waals surface area contributed by atoms with E-state index in [1.54, 1.807) is 0 Å². The highest BCUT2D eigenvalue weighted by Crippen LogP contribution is 2.32. The molecule has 0 amide bonds. The summed E-state index contributed by atoms with van der Waals surface area (Å²) < 4.78 is 1.05. The molecule has 2 nitrogen and oxygen atoms in total. The van der Waals surface area contributed by atoms with Gasteiger partial charge in [-0.05, 0) is 32.0 Å². The van der Waals surface area contributed by atoms with E-state index >= 15 is 0 Å². The van der Waals surface area contributed by atoms with Crippen LogP contribution in [0, 0.1) is 0 Å². The Hall–Kier alpha value is -0.830. The molecule has 0 saturated carbocycles. The van der Waals surface area contributed by atoms with E-state index in [1.165, 1.54) is 0 Å². The lowest BCUT2D eigenvalue weighted by molar-refractivity contribution is -0.120. The van der Waals surface area contributed by atoms with Crippen molar-refractivity contribution in [1.29, 1.82) is 0 Å². The van der Waals surface area contributed by atoms with Crippen LogP contribution < -0.4 is 4.90 Å². The smallest absolute Gasteiger partial charge is 0.159 e. The summed E-state index contributed by atoms with van der Waals surface area (Å²) in [7, 11) is 0. The average molecular weight is 268 g/mol. The monoisotopic (exact) mass is 267 g/mol. The molecule has 1 saturated heterocycles. The van der Waals surface area contributed by atoms with Crippen molar-refractivity contribution in [2.24, 2.45) is 0 Å². The van der Waals surface area contributed by atoms with E-state index in [2.05, 4.69) is 26.9 Å². The Morgan fingerprint density at radius 2 is 2.13 bits per heavy atom. The summed E-state index contributed by atoms with van der Waals surface area (Å²) >= 11 is 3.45. The zero-order chi connectivity index (χ0) is 11.1. The molecule has 0 spiro atoms. The van der Waals surface area contributed by atoms with Gasteiger partial charge in [0.2, 0.25) is 0 Å². The molecule has 1 aromatic carbocycles. The molecule has 0 bridgehead atoms. The Balaban J connectivity index is 2.36. The van der Waals surface area contributed by atoms with Crippen LogP contribution in [0.2, 0.25) is 0 Å². The quantitative estimate of drug-likeness (QED) is 0.780. The van der Waals surface area contributed by atoms with Crippen LogP contribution in [0.15, 0.2) is 28.7 Å². The molecule has 2 rings (SSSR count). The summed E-state index contributed by atoms with van der Waals surface area (Å²) in [6.45, 7) is 4.80. The first-order valence-electron chi connectivity index (χ1n) is 5.08. The van der Waals surface area contributed by atoms with Gasteiger partial charge in [-0.25, -0.2) is 0 Å². The lowest BCUT2D eigenvalue weighted by Gasteiger charge is -2.32. The van der Waals surface area contributed by atoms with Crippen molar-refractivity contribution in [3.63, 3.8) is 0 Å². The van der Waals surface area contributed by atoms with E-state index in [-0.39, 0.29) is 5.54 Å². The van der Waals surface area contributed by atoms with Crippen LogP contribution in [0.4, 0.5) is 5.69 Å². The predicted molar refractivity (Wildman–Crippen MR) is 65.2 cm³/mol. The van der Waals surface area contributed by atoms with Gasteiger partial charge in [0.25, 0.3) is 0 Å². The Morgan fingerprint density at radius 3 is 2.67 bits per heavy atom. The first-order valence-corrected chi connectivity index (χ1v) is 5.87. The summed E-state index contributed by atoms with van der Waals surface area (Å²) in [6, 6.07) is 8.10. The molecule has 1 aromatic rings. The van der Waals surface area contributed by atoms with Crippen LogP contribution in [-0.4, -0.2) is 17.9 Å². The SMILES string of the molecule is CC1(C)C(=O)CCN1c1cccc(Br)c1. The molecule has 0 N–H and O–H groups in total. The largest absolute Gasteiger partial charge is 0.359 e. The second-order valence-corrected chi connectivity index (χ2v) is 5.28. The number of Topliss-reactive ketones (excluding diaryl/α,β-unsaturated/α-hetero) is 1. The van der Waals surface area contributed by atoms with E-state index in [1.807, 2.05) is 32.0 Å². The van der Waals surface area contributed by atoms with Crippen molar-refractivity contribution in [2.75, 3.05) is 11.4 Å². The molecule has 0 radical (unpaired) electrons. The molecule has 0 aliphatic carbocycles. The maximum Gasteiger partial charge on any atom is 0.159 e. The summed E-state index contributed by atoms with van der Waals surface area (Å²) in [5.41, 5.74) is 0.751. The van der Waals surface area contributed by atoms with E-state index in [4.69, 9.17) is 0 Å². The minimum absolute atomic E-state index is 0.322. The zero-order valence-electron chi connectivity index (χ0n) is 8.96. The van der Waals surface area contributed by atoms with E-state index < -0.39 is 0 Å². The van der Waals surface area contributed by atoms with E-state index in [0.717, 1.165) is 16.7 Å². The maximum absolute atomic E-state index is 11.7. The van der Waals surface area contributed by atoms with Gasteiger partial charge < -0.3 is 4.90 Å². The molecule has 0 atom stereocenters. The number of ketones is 1. The van der Waals surface area contributed by atoms with Gasteiger partial charge in [-0.2, -0.15) is 0 Å². The molecule has 0 unspecified atom stereocenters. The molecular formula is C12H14BrNO. The minimum atomic E-state index is -0.360. The van der Waals surface area contributed by atoms with Crippen molar-refractivity contribution in [3.05, 3.63) is 28.7 Å². The summed E-state index contributed by atoms with van der Waals surface area (Å²) in [5.74, 6) is 0.322. The lowest BCUT2D eigenvalue weighted by Crippen LogP contribution is -2.42. The van der Waals surface area contributed by atoms with Gasteiger partial charge in [0.05, 0.1) is 5.54 Å². The molecule has 1 fully saturated rings. The molecule has 1 aliphatic heterocycles. The van der Waals surface area contributed by atoms with Gasteiger partial charge in [-0.15, -0.1) is 0 Å². The second kappa shape index (κ2) is 3.63. The summed E-state index contributed by atoms with van der Waals surface area (Å²) in [5, 5.41) is 0. The minimum Gasteiger partial charge on any atom is -0.359 e. The molecular weight excluding hydrogens is 254 g/mol. The topological polar surface area (TPSA) is 20.3 Å². The maximum atomic E-state index is 11.7. The van der Waals surface area contributed by atoms with E-state index in [0.29, 0.717) is 12.2 Å².